The van der Waals surface area contributed by atoms with E-state index in [0.29, 0.717) is 6.04 Å². The standard InChI is InChI=1S/C14H25N3O/c1-2-12(11-15)16-7-9-17(10-8-16)13-5-3-4-6-14(13)18/h12-14,18H,2-10H2,1H3. The van der Waals surface area contributed by atoms with Crippen molar-refractivity contribution in [3.8, 4) is 6.07 Å². The molecule has 3 atom stereocenters. The van der Waals surface area contributed by atoms with Crippen LogP contribution < -0.4 is 0 Å². The number of hydrogen-bond donors (Lipinski definition) is 1. The molecule has 2 fully saturated rings. The summed E-state index contributed by atoms with van der Waals surface area (Å²) in [5.41, 5.74) is 0. The summed E-state index contributed by atoms with van der Waals surface area (Å²) in [5, 5.41) is 19.2. The third-order valence-corrected chi connectivity index (χ3v) is 4.49. The molecule has 0 radical (unpaired) electrons. The Morgan fingerprint density at radius 3 is 2.44 bits per heavy atom. The first-order valence-electron chi connectivity index (χ1n) is 7.32. The van der Waals surface area contributed by atoms with Crippen molar-refractivity contribution < 1.29 is 5.11 Å². The molecule has 0 aromatic heterocycles. The molecule has 1 saturated carbocycles. The van der Waals surface area contributed by atoms with Crippen LogP contribution in [0.15, 0.2) is 0 Å². The van der Waals surface area contributed by atoms with Crippen molar-refractivity contribution in [2.24, 2.45) is 0 Å². The van der Waals surface area contributed by atoms with Crippen LogP contribution in [0.5, 0.6) is 0 Å². The van der Waals surface area contributed by atoms with E-state index in [1.54, 1.807) is 0 Å². The molecular weight excluding hydrogens is 226 g/mol. The SMILES string of the molecule is CCC(C#N)N1CCN(C2CCCCC2O)CC1. The molecule has 0 bridgehead atoms. The average molecular weight is 251 g/mol. The van der Waals surface area contributed by atoms with E-state index >= 15 is 0 Å². The maximum atomic E-state index is 10.1. The highest BCUT2D eigenvalue weighted by molar-refractivity contribution is 4.94. The highest BCUT2D eigenvalue weighted by atomic mass is 16.3. The molecule has 3 unspecified atom stereocenters. The van der Waals surface area contributed by atoms with Gasteiger partial charge in [-0.2, -0.15) is 5.26 Å². The molecule has 18 heavy (non-hydrogen) atoms. The number of piperazine rings is 1. The second-order valence-corrected chi connectivity index (χ2v) is 5.54. The van der Waals surface area contributed by atoms with Crippen molar-refractivity contribution in [2.45, 2.75) is 57.2 Å². The fraction of sp³-hybridized carbons (Fsp3) is 0.929. The lowest BCUT2D eigenvalue weighted by Gasteiger charge is -2.43. The Hall–Kier alpha value is -0.630. The number of nitriles is 1. The predicted molar refractivity (Wildman–Crippen MR) is 71.1 cm³/mol. The van der Waals surface area contributed by atoms with E-state index in [1.807, 2.05) is 0 Å². The summed E-state index contributed by atoms with van der Waals surface area (Å²) < 4.78 is 0. The zero-order valence-corrected chi connectivity index (χ0v) is 11.4. The van der Waals surface area contributed by atoms with Crippen LogP contribution in [-0.4, -0.2) is 59.3 Å². The van der Waals surface area contributed by atoms with Crippen molar-refractivity contribution in [1.82, 2.24) is 9.80 Å². The number of hydrogen-bond acceptors (Lipinski definition) is 4. The second kappa shape index (κ2) is 6.51. The van der Waals surface area contributed by atoms with Crippen LogP contribution in [0.25, 0.3) is 0 Å². The summed E-state index contributed by atoms with van der Waals surface area (Å²) in [5.74, 6) is 0. The van der Waals surface area contributed by atoms with Gasteiger partial charge in [0, 0.05) is 32.2 Å². The molecule has 1 N–H and O–H groups in total. The van der Waals surface area contributed by atoms with Gasteiger partial charge in [0.15, 0.2) is 0 Å². The van der Waals surface area contributed by atoms with E-state index in [0.717, 1.165) is 45.4 Å². The summed E-state index contributed by atoms with van der Waals surface area (Å²) >= 11 is 0. The zero-order valence-electron chi connectivity index (χ0n) is 11.4. The van der Waals surface area contributed by atoms with Gasteiger partial charge in [-0.15, -0.1) is 0 Å². The van der Waals surface area contributed by atoms with Gasteiger partial charge in [-0.3, -0.25) is 9.80 Å². The molecule has 4 nitrogen and oxygen atoms in total. The monoisotopic (exact) mass is 251 g/mol. The summed E-state index contributed by atoms with van der Waals surface area (Å²) in [7, 11) is 0. The van der Waals surface area contributed by atoms with E-state index in [2.05, 4.69) is 22.8 Å². The lowest BCUT2D eigenvalue weighted by atomic mass is 9.91. The number of aliphatic hydroxyl groups excluding tert-OH is 1. The molecule has 0 spiro atoms. The van der Waals surface area contributed by atoms with Gasteiger partial charge >= 0.3 is 0 Å². The summed E-state index contributed by atoms with van der Waals surface area (Å²) in [6.07, 6.45) is 5.28. The van der Waals surface area contributed by atoms with Gasteiger partial charge in [0.05, 0.1) is 18.2 Å². The maximum Gasteiger partial charge on any atom is 0.0976 e. The fourth-order valence-corrected chi connectivity index (χ4v) is 3.33. The van der Waals surface area contributed by atoms with Gasteiger partial charge in [0.2, 0.25) is 0 Å². The second-order valence-electron chi connectivity index (χ2n) is 5.54. The van der Waals surface area contributed by atoms with E-state index < -0.39 is 0 Å². The van der Waals surface area contributed by atoms with Crippen molar-refractivity contribution in [3.63, 3.8) is 0 Å². The lowest BCUT2D eigenvalue weighted by Crippen LogP contribution is -2.56. The molecule has 2 aliphatic rings. The maximum absolute atomic E-state index is 10.1. The Kier molecular flexibility index (Phi) is 4.99. The van der Waals surface area contributed by atoms with Crippen LogP contribution in [0.1, 0.15) is 39.0 Å². The molecule has 1 saturated heterocycles. The highest BCUT2D eigenvalue weighted by Gasteiger charge is 2.32. The van der Waals surface area contributed by atoms with Crippen LogP contribution in [0.2, 0.25) is 0 Å². The normalized spacial score (nSPS) is 32.9. The van der Waals surface area contributed by atoms with Gasteiger partial charge in [0.1, 0.15) is 0 Å². The van der Waals surface area contributed by atoms with Crippen molar-refractivity contribution in [2.75, 3.05) is 26.2 Å². The molecule has 0 aromatic carbocycles. The third kappa shape index (κ3) is 3.03. The minimum Gasteiger partial charge on any atom is -0.391 e. The van der Waals surface area contributed by atoms with Crippen molar-refractivity contribution in [1.29, 1.82) is 5.26 Å². The van der Waals surface area contributed by atoms with Gasteiger partial charge < -0.3 is 5.11 Å². The van der Waals surface area contributed by atoms with E-state index in [1.165, 1.54) is 12.8 Å². The molecule has 1 aliphatic carbocycles. The van der Waals surface area contributed by atoms with Gasteiger partial charge in [-0.1, -0.05) is 19.8 Å². The van der Waals surface area contributed by atoms with Crippen molar-refractivity contribution >= 4 is 0 Å². The molecule has 102 valence electrons. The molecule has 1 aliphatic heterocycles. The smallest absolute Gasteiger partial charge is 0.0976 e. The Morgan fingerprint density at radius 1 is 1.22 bits per heavy atom. The molecule has 1 heterocycles. The van der Waals surface area contributed by atoms with Crippen LogP contribution in [-0.2, 0) is 0 Å². The van der Waals surface area contributed by atoms with Crippen LogP contribution in [0, 0.1) is 11.3 Å². The Morgan fingerprint density at radius 2 is 1.89 bits per heavy atom. The number of rotatable bonds is 3. The largest absolute Gasteiger partial charge is 0.391 e. The average Bonchev–Trinajstić information content (AvgIpc) is 2.42. The van der Waals surface area contributed by atoms with Crippen LogP contribution >= 0.6 is 0 Å². The Balaban J connectivity index is 1.84. The molecule has 2 rings (SSSR count). The third-order valence-electron chi connectivity index (χ3n) is 4.49. The van der Waals surface area contributed by atoms with Gasteiger partial charge in [-0.05, 0) is 19.3 Å². The first-order chi connectivity index (χ1) is 8.76. The minimum absolute atomic E-state index is 0.0726. The van der Waals surface area contributed by atoms with E-state index in [4.69, 9.17) is 5.26 Å². The fourth-order valence-electron chi connectivity index (χ4n) is 3.33. The van der Waals surface area contributed by atoms with Gasteiger partial charge in [0.25, 0.3) is 0 Å². The minimum atomic E-state index is -0.136. The number of aliphatic hydroxyl groups is 1. The zero-order chi connectivity index (χ0) is 13.0. The quantitative estimate of drug-likeness (QED) is 0.819. The Bertz CT molecular complexity index is 294. The van der Waals surface area contributed by atoms with Crippen LogP contribution in [0.3, 0.4) is 0 Å². The highest BCUT2D eigenvalue weighted by Crippen LogP contribution is 2.24. The first kappa shape index (κ1) is 13.8. The van der Waals surface area contributed by atoms with Crippen LogP contribution in [0.4, 0.5) is 0 Å². The predicted octanol–water partition coefficient (Wildman–Crippen LogP) is 1.21. The molecule has 0 aromatic rings. The topological polar surface area (TPSA) is 50.5 Å². The van der Waals surface area contributed by atoms with Gasteiger partial charge in [-0.25, -0.2) is 0 Å². The number of nitrogens with zero attached hydrogens (tertiary/aromatic N) is 3. The van der Waals surface area contributed by atoms with Crippen molar-refractivity contribution in [3.05, 3.63) is 0 Å². The molecule has 0 amide bonds. The summed E-state index contributed by atoms with van der Waals surface area (Å²) in [4.78, 5) is 4.72. The Labute approximate surface area is 110 Å². The first-order valence-corrected chi connectivity index (χ1v) is 7.32. The lowest BCUT2D eigenvalue weighted by molar-refractivity contribution is -0.00720. The van der Waals surface area contributed by atoms with E-state index in [-0.39, 0.29) is 12.1 Å². The molecule has 4 heteroatoms. The van der Waals surface area contributed by atoms with E-state index in [9.17, 15) is 5.11 Å². The molecular formula is C14H25N3O. The summed E-state index contributed by atoms with van der Waals surface area (Å²) in [6.45, 7) is 6.01. The summed E-state index contributed by atoms with van der Waals surface area (Å²) in [6, 6.07) is 2.82.